The van der Waals surface area contributed by atoms with Gasteiger partial charge in [0.2, 0.25) is 0 Å². The van der Waals surface area contributed by atoms with Crippen LogP contribution in [-0.4, -0.2) is 23.9 Å². The van der Waals surface area contributed by atoms with Gasteiger partial charge in [-0.1, -0.05) is 152 Å². The van der Waals surface area contributed by atoms with Gasteiger partial charge in [-0.05, 0) is 53.1 Å². The molecule has 3 aromatic heterocycles. The minimum Gasteiger partial charge on any atom is -0.293 e. The van der Waals surface area contributed by atoms with Crippen molar-refractivity contribution in [1.29, 1.82) is 0 Å². The van der Waals surface area contributed by atoms with Gasteiger partial charge in [0.05, 0.1) is 16.6 Å². The topological polar surface area (TPSA) is 48.0 Å². The first-order chi connectivity index (χ1) is 25.8. The standard InChI is InChI=1S/C47H31N5/c1-4-16-32(17-5-1)35-22-14-23-36(30-35)45-48-44(34-20-8-3-9-21-34)49-46(50-45)37-24-15-25-38(31-37)51-41-28-12-13-29-42(41)52-40-27-11-10-26-39(40)43(47(51)52)33-18-6-2-7-19-33/h1-31H. The first-order valence-electron chi connectivity index (χ1n) is 17.5. The molecule has 0 fully saturated rings. The first kappa shape index (κ1) is 29.8. The second-order valence-corrected chi connectivity index (χ2v) is 12.9. The Labute approximate surface area is 300 Å². The van der Waals surface area contributed by atoms with Crippen LogP contribution < -0.4 is 0 Å². The van der Waals surface area contributed by atoms with E-state index in [1.807, 2.05) is 36.4 Å². The van der Waals surface area contributed by atoms with Gasteiger partial charge in [-0.2, -0.15) is 0 Å². The molecule has 0 N–H and O–H groups in total. The van der Waals surface area contributed by atoms with Crippen molar-refractivity contribution in [2.45, 2.75) is 0 Å². The quantitative estimate of drug-likeness (QED) is 0.178. The minimum atomic E-state index is 0.618. The predicted molar refractivity (Wildman–Crippen MR) is 212 cm³/mol. The summed E-state index contributed by atoms with van der Waals surface area (Å²) in [6.07, 6.45) is 0. The third-order valence-electron chi connectivity index (χ3n) is 9.75. The third kappa shape index (κ3) is 4.98. The van der Waals surface area contributed by atoms with Crippen molar-refractivity contribution >= 4 is 27.6 Å². The molecule has 0 aliphatic rings. The van der Waals surface area contributed by atoms with Gasteiger partial charge in [0.1, 0.15) is 5.65 Å². The Bertz CT molecular complexity index is 2890. The number of aromatic nitrogens is 5. The average molecular weight is 666 g/mol. The van der Waals surface area contributed by atoms with Crippen molar-refractivity contribution in [1.82, 2.24) is 23.9 Å². The molecule has 0 atom stereocenters. The molecule has 0 unspecified atom stereocenters. The molecule has 0 spiro atoms. The van der Waals surface area contributed by atoms with Gasteiger partial charge in [0.25, 0.3) is 0 Å². The SMILES string of the molecule is c1ccc(-c2cccc(-c3nc(-c4ccccc4)nc(-c4cccc(-n5c6ccccc6n6c7ccccc7c(-c7ccccc7)c56)c4)n3)c2)cc1. The molecular weight excluding hydrogens is 635 g/mol. The fourth-order valence-electron chi connectivity index (χ4n) is 7.39. The molecule has 5 nitrogen and oxygen atoms in total. The zero-order valence-corrected chi connectivity index (χ0v) is 28.1. The number of benzene rings is 7. The lowest BCUT2D eigenvalue weighted by atomic mass is 10.0. The minimum absolute atomic E-state index is 0.618. The molecule has 0 saturated carbocycles. The lowest BCUT2D eigenvalue weighted by molar-refractivity contribution is 1.07. The normalized spacial score (nSPS) is 11.5. The number of hydrogen-bond acceptors (Lipinski definition) is 3. The number of para-hydroxylation sites is 3. The first-order valence-corrected chi connectivity index (χ1v) is 17.5. The molecule has 0 amide bonds. The van der Waals surface area contributed by atoms with E-state index in [4.69, 9.17) is 15.0 Å². The molecule has 244 valence electrons. The van der Waals surface area contributed by atoms with Gasteiger partial charge >= 0.3 is 0 Å². The Morgan fingerprint density at radius 1 is 0.327 bits per heavy atom. The van der Waals surface area contributed by atoms with Crippen molar-refractivity contribution in [3.63, 3.8) is 0 Å². The number of nitrogens with zero attached hydrogens (tertiary/aromatic N) is 5. The van der Waals surface area contributed by atoms with Crippen molar-refractivity contribution in [3.05, 3.63) is 188 Å². The molecule has 52 heavy (non-hydrogen) atoms. The van der Waals surface area contributed by atoms with E-state index < -0.39 is 0 Å². The molecule has 0 aliphatic heterocycles. The molecular formula is C47H31N5. The summed E-state index contributed by atoms with van der Waals surface area (Å²) in [4.78, 5) is 15.3. The fraction of sp³-hybridized carbons (Fsp3) is 0. The summed E-state index contributed by atoms with van der Waals surface area (Å²) in [5.74, 6) is 1.88. The van der Waals surface area contributed by atoms with Crippen LogP contribution in [0.15, 0.2) is 188 Å². The largest absolute Gasteiger partial charge is 0.293 e. The van der Waals surface area contributed by atoms with Crippen LogP contribution in [-0.2, 0) is 0 Å². The highest BCUT2D eigenvalue weighted by atomic mass is 15.1. The van der Waals surface area contributed by atoms with E-state index in [1.54, 1.807) is 0 Å². The van der Waals surface area contributed by atoms with Crippen molar-refractivity contribution in [3.8, 4) is 62.1 Å². The molecule has 0 saturated heterocycles. The molecule has 0 aliphatic carbocycles. The summed E-state index contributed by atoms with van der Waals surface area (Å²) in [5, 5.41) is 1.21. The third-order valence-corrected chi connectivity index (χ3v) is 9.75. The maximum atomic E-state index is 5.14. The second kappa shape index (κ2) is 12.3. The Hall–Kier alpha value is -7.11. The summed E-state index contributed by atoms with van der Waals surface area (Å²) in [6, 6.07) is 65.5. The van der Waals surface area contributed by atoms with E-state index in [9.17, 15) is 0 Å². The molecule has 10 rings (SSSR count). The smallest absolute Gasteiger partial charge is 0.164 e. The van der Waals surface area contributed by atoms with Crippen LogP contribution in [0, 0.1) is 0 Å². The Morgan fingerprint density at radius 2 is 0.808 bits per heavy atom. The molecule has 10 aromatic rings. The van der Waals surface area contributed by atoms with Crippen LogP contribution in [0.2, 0.25) is 0 Å². The zero-order chi connectivity index (χ0) is 34.4. The van der Waals surface area contributed by atoms with E-state index in [-0.39, 0.29) is 0 Å². The zero-order valence-electron chi connectivity index (χ0n) is 28.1. The Morgan fingerprint density at radius 3 is 1.50 bits per heavy atom. The van der Waals surface area contributed by atoms with Crippen LogP contribution in [0.25, 0.3) is 89.7 Å². The summed E-state index contributed by atoms with van der Waals surface area (Å²) in [5.41, 5.74) is 13.0. The van der Waals surface area contributed by atoms with Crippen LogP contribution in [0.5, 0.6) is 0 Å². The lowest BCUT2D eigenvalue weighted by Crippen LogP contribution is -2.01. The molecule has 3 heterocycles. The van der Waals surface area contributed by atoms with Crippen LogP contribution in [0.4, 0.5) is 0 Å². The average Bonchev–Trinajstić information content (AvgIpc) is 3.74. The Kier molecular flexibility index (Phi) is 7.07. The van der Waals surface area contributed by atoms with Gasteiger partial charge < -0.3 is 0 Å². The maximum Gasteiger partial charge on any atom is 0.164 e. The number of imidazole rings is 1. The molecule has 0 radical (unpaired) electrons. The van der Waals surface area contributed by atoms with Gasteiger partial charge in [-0.3, -0.25) is 8.97 Å². The van der Waals surface area contributed by atoms with Crippen LogP contribution in [0.1, 0.15) is 0 Å². The molecule has 0 bridgehead atoms. The van der Waals surface area contributed by atoms with E-state index in [0.29, 0.717) is 17.5 Å². The van der Waals surface area contributed by atoms with Crippen molar-refractivity contribution in [2.75, 3.05) is 0 Å². The number of fused-ring (bicyclic) bond motifs is 5. The number of rotatable bonds is 6. The van der Waals surface area contributed by atoms with Gasteiger partial charge in [-0.25, -0.2) is 15.0 Å². The maximum absolute atomic E-state index is 5.14. The highest BCUT2D eigenvalue weighted by Gasteiger charge is 2.22. The summed E-state index contributed by atoms with van der Waals surface area (Å²) in [6.45, 7) is 0. The fourth-order valence-corrected chi connectivity index (χ4v) is 7.39. The summed E-state index contributed by atoms with van der Waals surface area (Å²) in [7, 11) is 0. The van der Waals surface area contributed by atoms with Gasteiger partial charge in [-0.15, -0.1) is 0 Å². The van der Waals surface area contributed by atoms with Crippen molar-refractivity contribution in [2.24, 2.45) is 0 Å². The highest BCUT2D eigenvalue weighted by molar-refractivity contribution is 6.09. The van der Waals surface area contributed by atoms with E-state index in [2.05, 4.69) is 161 Å². The Balaban J connectivity index is 1.20. The molecule has 7 aromatic carbocycles. The summed E-state index contributed by atoms with van der Waals surface area (Å²) >= 11 is 0. The highest BCUT2D eigenvalue weighted by Crippen LogP contribution is 2.41. The monoisotopic (exact) mass is 665 g/mol. The lowest BCUT2D eigenvalue weighted by Gasteiger charge is -2.12. The van der Waals surface area contributed by atoms with E-state index in [0.717, 1.165) is 50.2 Å². The van der Waals surface area contributed by atoms with Crippen LogP contribution in [0.3, 0.4) is 0 Å². The van der Waals surface area contributed by atoms with Crippen LogP contribution >= 0.6 is 0 Å². The van der Waals surface area contributed by atoms with Gasteiger partial charge in [0.15, 0.2) is 17.5 Å². The predicted octanol–water partition coefficient (Wildman–Crippen LogP) is 11.6. The number of hydrogen-bond donors (Lipinski definition) is 0. The van der Waals surface area contributed by atoms with E-state index in [1.165, 1.54) is 22.0 Å². The second-order valence-electron chi connectivity index (χ2n) is 12.9. The van der Waals surface area contributed by atoms with Gasteiger partial charge in [0, 0.05) is 33.3 Å². The van der Waals surface area contributed by atoms with Crippen molar-refractivity contribution < 1.29 is 0 Å². The van der Waals surface area contributed by atoms with E-state index >= 15 is 0 Å². The summed E-state index contributed by atoms with van der Waals surface area (Å²) < 4.78 is 4.78. The molecule has 5 heteroatoms.